The highest BCUT2D eigenvalue weighted by molar-refractivity contribution is 5.61. The van der Waals surface area contributed by atoms with Crippen molar-refractivity contribution in [1.82, 2.24) is 0 Å². The highest BCUT2D eigenvalue weighted by Crippen LogP contribution is 2.39. The van der Waals surface area contributed by atoms with Gasteiger partial charge in [0.25, 0.3) is 0 Å². The summed E-state index contributed by atoms with van der Waals surface area (Å²) in [6, 6.07) is 20.8. The van der Waals surface area contributed by atoms with Gasteiger partial charge in [-0.2, -0.15) is 0 Å². The van der Waals surface area contributed by atoms with E-state index in [4.69, 9.17) is 4.74 Å². The van der Waals surface area contributed by atoms with E-state index in [1.54, 1.807) is 0 Å². The lowest BCUT2D eigenvalue weighted by molar-refractivity contribution is -0.148. The van der Waals surface area contributed by atoms with Crippen molar-refractivity contribution in [3.63, 3.8) is 0 Å². The zero-order valence-electron chi connectivity index (χ0n) is 11.4. The van der Waals surface area contributed by atoms with Crippen molar-refractivity contribution in [2.45, 2.75) is 12.3 Å². The number of hydrogen-bond donors (Lipinski definition) is 0. The predicted molar refractivity (Wildman–Crippen MR) is 78.7 cm³/mol. The van der Waals surface area contributed by atoms with Crippen LogP contribution in [0.5, 0.6) is 0 Å². The fourth-order valence-electron chi connectivity index (χ4n) is 2.80. The van der Waals surface area contributed by atoms with E-state index in [9.17, 15) is 4.79 Å². The number of rotatable bonds is 5. The molecule has 1 saturated heterocycles. The van der Waals surface area contributed by atoms with Crippen LogP contribution in [-0.2, 0) is 9.53 Å². The quantitative estimate of drug-likeness (QED) is 0.775. The summed E-state index contributed by atoms with van der Waals surface area (Å²) in [7, 11) is 0. The molecule has 2 aromatic rings. The maximum atomic E-state index is 11.4. The number of carbonyl (C=O) groups is 1. The average Bonchev–Trinajstić information content (AvgIpc) is 2.49. The lowest BCUT2D eigenvalue weighted by Crippen LogP contribution is -2.45. The van der Waals surface area contributed by atoms with Gasteiger partial charge in [0.05, 0.1) is 18.6 Å². The second-order valence-electron chi connectivity index (χ2n) is 5.55. The first-order valence-electron chi connectivity index (χ1n) is 6.97. The Bertz CT molecular complexity index is 519. The fourth-order valence-corrected chi connectivity index (χ4v) is 2.80. The van der Waals surface area contributed by atoms with E-state index in [-0.39, 0.29) is 11.3 Å². The molecular weight excluding hydrogens is 248 g/mol. The van der Waals surface area contributed by atoms with Crippen LogP contribution in [-0.4, -0.2) is 19.5 Å². The van der Waals surface area contributed by atoms with Gasteiger partial charge in [-0.1, -0.05) is 60.7 Å². The molecule has 0 aromatic heterocycles. The average molecular weight is 266 g/mol. The standard InChI is InChI=1S/C18H18O2/c19-12-18(13-20-14-18)11-17(15-7-3-1-4-8-15)16-9-5-2-6-10-16/h1-10,12,17H,11,13-14H2. The summed E-state index contributed by atoms with van der Waals surface area (Å²) in [4.78, 5) is 11.4. The Balaban J connectivity index is 1.94. The van der Waals surface area contributed by atoms with E-state index >= 15 is 0 Å². The Morgan fingerprint density at radius 2 is 1.45 bits per heavy atom. The third-order valence-corrected chi connectivity index (χ3v) is 4.04. The molecule has 1 fully saturated rings. The lowest BCUT2D eigenvalue weighted by atomic mass is 9.74. The molecule has 2 heteroatoms. The number of ether oxygens (including phenoxy) is 1. The SMILES string of the molecule is O=CC1(CC(c2ccccc2)c2ccccc2)COC1. The normalized spacial score (nSPS) is 16.6. The van der Waals surface area contributed by atoms with Crippen LogP contribution in [0.3, 0.4) is 0 Å². The predicted octanol–water partition coefficient (Wildman–Crippen LogP) is 3.42. The van der Waals surface area contributed by atoms with Crippen molar-refractivity contribution in [3.8, 4) is 0 Å². The van der Waals surface area contributed by atoms with E-state index in [0.29, 0.717) is 13.2 Å². The molecule has 1 heterocycles. The van der Waals surface area contributed by atoms with E-state index in [1.807, 2.05) is 12.1 Å². The summed E-state index contributed by atoms with van der Waals surface area (Å²) in [6.45, 7) is 1.10. The fraction of sp³-hybridized carbons (Fsp3) is 0.278. The van der Waals surface area contributed by atoms with Gasteiger partial charge in [-0.3, -0.25) is 0 Å². The number of hydrogen-bond acceptors (Lipinski definition) is 2. The Morgan fingerprint density at radius 3 is 1.80 bits per heavy atom. The molecule has 0 atom stereocenters. The van der Waals surface area contributed by atoms with Crippen LogP contribution in [0.15, 0.2) is 60.7 Å². The molecule has 0 unspecified atom stereocenters. The highest BCUT2D eigenvalue weighted by Gasteiger charge is 2.41. The van der Waals surface area contributed by atoms with Gasteiger partial charge in [0.2, 0.25) is 0 Å². The van der Waals surface area contributed by atoms with Crippen LogP contribution >= 0.6 is 0 Å². The maximum Gasteiger partial charge on any atom is 0.130 e. The molecule has 0 saturated carbocycles. The number of aldehydes is 1. The van der Waals surface area contributed by atoms with E-state index in [0.717, 1.165) is 12.7 Å². The molecule has 2 nitrogen and oxygen atoms in total. The van der Waals surface area contributed by atoms with E-state index in [1.165, 1.54) is 11.1 Å². The summed E-state index contributed by atoms with van der Waals surface area (Å²) in [5.41, 5.74) is 2.20. The zero-order chi connectivity index (χ0) is 13.8. The first kappa shape index (κ1) is 13.1. The van der Waals surface area contributed by atoms with Gasteiger partial charge in [-0.15, -0.1) is 0 Å². The van der Waals surface area contributed by atoms with E-state index < -0.39 is 0 Å². The second-order valence-corrected chi connectivity index (χ2v) is 5.55. The monoisotopic (exact) mass is 266 g/mol. The topological polar surface area (TPSA) is 26.3 Å². The first-order valence-corrected chi connectivity index (χ1v) is 6.97. The molecule has 1 aliphatic heterocycles. The molecule has 20 heavy (non-hydrogen) atoms. The van der Waals surface area contributed by atoms with Crippen molar-refractivity contribution in [2.24, 2.45) is 5.41 Å². The minimum atomic E-state index is -0.309. The summed E-state index contributed by atoms with van der Waals surface area (Å²) >= 11 is 0. The molecule has 0 radical (unpaired) electrons. The maximum absolute atomic E-state index is 11.4. The van der Waals surface area contributed by atoms with Crippen LogP contribution in [0.2, 0.25) is 0 Å². The molecule has 102 valence electrons. The molecule has 0 aliphatic carbocycles. The summed E-state index contributed by atoms with van der Waals surface area (Å²) in [5.74, 6) is 0.242. The molecule has 1 aliphatic rings. The van der Waals surface area contributed by atoms with Gasteiger partial charge in [0.1, 0.15) is 6.29 Å². The van der Waals surface area contributed by atoms with Gasteiger partial charge in [0.15, 0.2) is 0 Å². The Hall–Kier alpha value is -1.93. The van der Waals surface area contributed by atoms with Crippen molar-refractivity contribution in [3.05, 3.63) is 71.8 Å². The van der Waals surface area contributed by atoms with Gasteiger partial charge < -0.3 is 9.53 Å². The van der Waals surface area contributed by atoms with Crippen molar-refractivity contribution in [2.75, 3.05) is 13.2 Å². The van der Waals surface area contributed by atoms with Gasteiger partial charge >= 0.3 is 0 Å². The highest BCUT2D eigenvalue weighted by atomic mass is 16.5. The lowest BCUT2D eigenvalue weighted by Gasteiger charge is -2.39. The zero-order valence-corrected chi connectivity index (χ0v) is 11.4. The molecule has 0 spiro atoms. The summed E-state index contributed by atoms with van der Waals surface area (Å²) < 4.78 is 5.27. The first-order chi connectivity index (χ1) is 9.83. The van der Waals surface area contributed by atoms with Crippen molar-refractivity contribution >= 4 is 6.29 Å². The third kappa shape index (κ3) is 2.52. The summed E-state index contributed by atoms with van der Waals surface area (Å²) in [6.07, 6.45) is 1.89. The van der Waals surface area contributed by atoms with Crippen LogP contribution in [0, 0.1) is 5.41 Å². The van der Waals surface area contributed by atoms with Crippen molar-refractivity contribution < 1.29 is 9.53 Å². The third-order valence-electron chi connectivity index (χ3n) is 4.04. The van der Waals surface area contributed by atoms with Gasteiger partial charge in [-0.05, 0) is 17.5 Å². The molecular formula is C18H18O2. The van der Waals surface area contributed by atoms with Gasteiger partial charge in [0, 0.05) is 5.92 Å². The Kier molecular flexibility index (Phi) is 3.66. The van der Waals surface area contributed by atoms with Crippen LogP contribution < -0.4 is 0 Å². The number of benzene rings is 2. The minimum absolute atomic E-state index is 0.242. The van der Waals surface area contributed by atoms with Crippen LogP contribution in [0.25, 0.3) is 0 Å². The van der Waals surface area contributed by atoms with E-state index in [2.05, 4.69) is 48.5 Å². The molecule has 2 aromatic carbocycles. The molecule has 0 N–H and O–H groups in total. The van der Waals surface area contributed by atoms with Gasteiger partial charge in [-0.25, -0.2) is 0 Å². The summed E-state index contributed by atoms with van der Waals surface area (Å²) in [5, 5.41) is 0. The minimum Gasteiger partial charge on any atom is -0.379 e. The van der Waals surface area contributed by atoms with Crippen LogP contribution in [0.1, 0.15) is 23.5 Å². The molecule has 0 amide bonds. The smallest absolute Gasteiger partial charge is 0.130 e. The second kappa shape index (κ2) is 5.59. The largest absolute Gasteiger partial charge is 0.379 e. The van der Waals surface area contributed by atoms with Crippen molar-refractivity contribution in [1.29, 1.82) is 0 Å². The van der Waals surface area contributed by atoms with Crippen LogP contribution in [0.4, 0.5) is 0 Å². The Morgan fingerprint density at radius 1 is 0.950 bits per heavy atom. The molecule has 0 bridgehead atoms. The number of carbonyl (C=O) groups excluding carboxylic acids is 1. The molecule has 3 rings (SSSR count). The Labute approximate surface area is 119 Å².